The molecule has 0 aliphatic carbocycles. The molecule has 1 aromatic heterocycles. The number of carbonyl (C=O) groups is 1. The fourth-order valence-electron chi connectivity index (χ4n) is 2.78. The van der Waals surface area contributed by atoms with E-state index >= 15 is 0 Å². The summed E-state index contributed by atoms with van der Waals surface area (Å²) in [5.41, 5.74) is 9.95. The van der Waals surface area contributed by atoms with E-state index in [9.17, 15) is 4.79 Å². The summed E-state index contributed by atoms with van der Waals surface area (Å²) in [6.45, 7) is 0.966. The van der Waals surface area contributed by atoms with Crippen LogP contribution in [0.15, 0.2) is 66.9 Å². The number of amides is 1. The van der Waals surface area contributed by atoms with Gasteiger partial charge in [-0.2, -0.15) is 0 Å². The second-order valence-corrected chi connectivity index (χ2v) is 6.38. The van der Waals surface area contributed by atoms with E-state index < -0.39 is 0 Å². The lowest BCUT2D eigenvalue weighted by Crippen LogP contribution is -2.27. The van der Waals surface area contributed by atoms with Crippen molar-refractivity contribution in [3.8, 4) is 11.1 Å². The van der Waals surface area contributed by atoms with Gasteiger partial charge < -0.3 is 11.1 Å². The first-order valence-corrected chi connectivity index (χ1v) is 8.82. The zero-order valence-corrected chi connectivity index (χ0v) is 15.0. The minimum Gasteiger partial charge on any atom is -0.350 e. The van der Waals surface area contributed by atoms with Crippen molar-refractivity contribution in [1.82, 2.24) is 10.3 Å². The lowest BCUT2D eigenvalue weighted by atomic mass is 10.0. The molecule has 0 aliphatic heterocycles. The summed E-state index contributed by atoms with van der Waals surface area (Å²) in [6, 6.07) is 19.2. The van der Waals surface area contributed by atoms with Crippen molar-refractivity contribution in [2.24, 2.45) is 5.73 Å². The molecule has 26 heavy (non-hydrogen) atoms. The molecule has 2 aromatic carbocycles. The molecule has 1 amide bonds. The van der Waals surface area contributed by atoms with Gasteiger partial charge in [-0.3, -0.25) is 9.78 Å². The second kappa shape index (κ2) is 8.61. The molecular formula is C21H20ClN3O. The molecule has 0 radical (unpaired) electrons. The molecule has 3 N–H and O–H groups in total. The topological polar surface area (TPSA) is 68.0 Å². The molecule has 0 spiro atoms. The van der Waals surface area contributed by atoms with Crippen molar-refractivity contribution < 1.29 is 4.79 Å². The first-order valence-electron chi connectivity index (χ1n) is 8.44. The van der Waals surface area contributed by atoms with Crippen molar-refractivity contribution in [3.63, 3.8) is 0 Å². The molecule has 1 heterocycles. The zero-order chi connectivity index (χ0) is 18.4. The Hall–Kier alpha value is -2.69. The summed E-state index contributed by atoms with van der Waals surface area (Å²) < 4.78 is 0. The molecule has 0 saturated carbocycles. The van der Waals surface area contributed by atoms with Crippen LogP contribution in [0.5, 0.6) is 0 Å². The third-order valence-electron chi connectivity index (χ3n) is 4.08. The predicted octanol–water partition coefficient (Wildman–Crippen LogP) is 3.83. The Bertz CT molecular complexity index is 911. The highest BCUT2D eigenvalue weighted by molar-refractivity contribution is 6.30. The normalized spacial score (nSPS) is 10.5. The predicted molar refractivity (Wildman–Crippen MR) is 105 cm³/mol. The van der Waals surface area contributed by atoms with E-state index in [-0.39, 0.29) is 5.91 Å². The Morgan fingerprint density at radius 1 is 1.04 bits per heavy atom. The SMILES string of the molecule is NCc1cccc(-c2cccnc2C(=O)NCCc2cccc(Cl)c2)c1. The van der Waals surface area contributed by atoms with Gasteiger partial charge in [0.2, 0.25) is 0 Å². The molecule has 0 aliphatic rings. The lowest BCUT2D eigenvalue weighted by Gasteiger charge is -2.10. The fraction of sp³-hybridized carbons (Fsp3) is 0.143. The fourth-order valence-corrected chi connectivity index (χ4v) is 2.99. The average Bonchev–Trinajstić information content (AvgIpc) is 2.68. The van der Waals surface area contributed by atoms with Gasteiger partial charge in [-0.15, -0.1) is 0 Å². The van der Waals surface area contributed by atoms with Crippen molar-refractivity contribution in [1.29, 1.82) is 0 Å². The summed E-state index contributed by atoms with van der Waals surface area (Å²) in [5, 5.41) is 3.63. The largest absolute Gasteiger partial charge is 0.350 e. The molecular weight excluding hydrogens is 346 g/mol. The van der Waals surface area contributed by atoms with Crippen molar-refractivity contribution in [2.75, 3.05) is 6.54 Å². The Morgan fingerprint density at radius 3 is 2.65 bits per heavy atom. The van der Waals surface area contributed by atoms with Crippen LogP contribution in [0.1, 0.15) is 21.6 Å². The van der Waals surface area contributed by atoms with Crippen LogP contribution in [0.3, 0.4) is 0 Å². The average molecular weight is 366 g/mol. The first kappa shape index (κ1) is 18.1. The maximum atomic E-state index is 12.6. The van der Waals surface area contributed by atoms with Gasteiger partial charge in [-0.05, 0) is 47.4 Å². The van der Waals surface area contributed by atoms with Crippen LogP contribution in [0.25, 0.3) is 11.1 Å². The number of nitrogens with one attached hydrogen (secondary N) is 1. The number of halogens is 1. The maximum absolute atomic E-state index is 12.6. The molecule has 3 rings (SSSR count). The quantitative estimate of drug-likeness (QED) is 0.697. The second-order valence-electron chi connectivity index (χ2n) is 5.94. The van der Waals surface area contributed by atoms with Crippen molar-refractivity contribution in [3.05, 3.63) is 88.7 Å². The van der Waals surface area contributed by atoms with Gasteiger partial charge >= 0.3 is 0 Å². The number of carbonyl (C=O) groups excluding carboxylic acids is 1. The smallest absolute Gasteiger partial charge is 0.270 e. The summed E-state index contributed by atoms with van der Waals surface area (Å²) >= 11 is 5.99. The van der Waals surface area contributed by atoms with Gasteiger partial charge in [-0.1, -0.05) is 48.0 Å². The molecule has 4 nitrogen and oxygen atoms in total. The van der Waals surface area contributed by atoms with Crippen LogP contribution in [0.4, 0.5) is 0 Å². The highest BCUT2D eigenvalue weighted by Crippen LogP contribution is 2.23. The number of nitrogens with two attached hydrogens (primary N) is 1. The van der Waals surface area contributed by atoms with Gasteiger partial charge in [-0.25, -0.2) is 0 Å². The van der Waals surface area contributed by atoms with E-state index in [1.54, 1.807) is 6.20 Å². The summed E-state index contributed by atoms with van der Waals surface area (Å²) in [6.07, 6.45) is 2.33. The van der Waals surface area contributed by atoms with Gasteiger partial charge in [0.15, 0.2) is 0 Å². The minimum atomic E-state index is -0.194. The summed E-state index contributed by atoms with van der Waals surface area (Å²) in [5.74, 6) is -0.194. The first-order chi connectivity index (χ1) is 12.7. The van der Waals surface area contributed by atoms with Crippen LogP contribution in [-0.2, 0) is 13.0 Å². The van der Waals surface area contributed by atoms with Gasteiger partial charge in [0.25, 0.3) is 5.91 Å². The van der Waals surface area contributed by atoms with E-state index in [1.165, 1.54) is 0 Å². The lowest BCUT2D eigenvalue weighted by molar-refractivity contribution is 0.0950. The Kier molecular flexibility index (Phi) is 6.00. The summed E-state index contributed by atoms with van der Waals surface area (Å²) in [4.78, 5) is 16.9. The number of aromatic nitrogens is 1. The van der Waals surface area contributed by atoms with E-state index in [2.05, 4.69) is 10.3 Å². The third-order valence-corrected chi connectivity index (χ3v) is 4.32. The van der Waals surface area contributed by atoms with Crippen LogP contribution < -0.4 is 11.1 Å². The molecule has 3 aromatic rings. The van der Waals surface area contributed by atoms with Crippen LogP contribution >= 0.6 is 11.6 Å². The van der Waals surface area contributed by atoms with Crippen molar-refractivity contribution in [2.45, 2.75) is 13.0 Å². The Balaban J connectivity index is 1.73. The number of pyridine rings is 1. The highest BCUT2D eigenvalue weighted by atomic mass is 35.5. The number of nitrogens with zero attached hydrogens (tertiary/aromatic N) is 1. The van der Waals surface area contributed by atoms with Gasteiger partial charge in [0.1, 0.15) is 5.69 Å². The Morgan fingerprint density at radius 2 is 1.85 bits per heavy atom. The molecule has 5 heteroatoms. The molecule has 0 unspecified atom stereocenters. The number of hydrogen-bond donors (Lipinski definition) is 2. The summed E-state index contributed by atoms with van der Waals surface area (Å²) in [7, 11) is 0. The van der Waals surface area contributed by atoms with Gasteiger partial charge in [0, 0.05) is 29.9 Å². The highest BCUT2D eigenvalue weighted by Gasteiger charge is 2.14. The van der Waals surface area contributed by atoms with E-state index in [0.29, 0.717) is 30.2 Å². The van der Waals surface area contributed by atoms with E-state index in [0.717, 1.165) is 22.3 Å². The number of benzene rings is 2. The number of hydrogen-bond acceptors (Lipinski definition) is 3. The molecule has 0 bridgehead atoms. The Labute approximate surface area is 158 Å². The molecule has 0 fully saturated rings. The van der Waals surface area contributed by atoms with Crippen molar-refractivity contribution >= 4 is 17.5 Å². The maximum Gasteiger partial charge on any atom is 0.270 e. The van der Waals surface area contributed by atoms with E-state index in [4.69, 9.17) is 17.3 Å². The standard InChI is InChI=1S/C21H20ClN3O/c22-18-7-2-4-15(13-18)9-11-25-21(26)20-19(8-3-10-24-20)17-6-1-5-16(12-17)14-23/h1-8,10,12-13H,9,11,14,23H2,(H,25,26). The third kappa shape index (κ3) is 4.48. The molecule has 0 saturated heterocycles. The minimum absolute atomic E-state index is 0.194. The molecule has 132 valence electrons. The monoisotopic (exact) mass is 365 g/mol. The zero-order valence-electron chi connectivity index (χ0n) is 14.3. The van der Waals surface area contributed by atoms with E-state index in [1.807, 2.05) is 60.7 Å². The van der Waals surface area contributed by atoms with Crippen LogP contribution in [-0.4, -0.2) is 17.4 Å². The molecule has 0 atom stereocenters. The number of rotatable bonds is 6. The van der Waals surface area contributed by atoms with Crippen LogP contribution in [0, 0.1) is 0 Å². The van der Waals surface area contributed by atoms with Crippen LogP contribution in [0.2, 0.25) is 5.02 Å². The van der Waals surface area contributed by atoms with Gasteiger partial charge in [0.05, 0.1) is 0 Å².